The number of furan rings is 1. The topological polar surface area (TPSA) is 74.3 Å². The number of methoxy groups -OCH3 is 1. The van der Waals surface area contributed by atoms with Gasteiger partial charge in [-0.05, 0) is 30.3 Å². The number of alkyl halides is 3. The van der Waals surface area contributed by atoms with E-state index < -0.39 is 21.7 Å². The van der Waals surface area contributed by atoms with E-state index in [1.54, 1.807) is 36.4 Å². The molecular weight excluding hydrogens is 445 g/mol. The van der Waals surface area contributed by atoms with Crippen molar-refractivity contribution in [1.29, 1.82) is 0 Å². The van der Waals surface area contributed by atoms with E-state index in [1.165, 1.54) is 31.6 Å². The SMILES string of the molecule is COc1cc(S(C)(=O)=O)ccc1-n1nc(C(F)(F)F)cc1-c1ccc(-c2ccco2)cc1. The predicted octanol–water partition coefficient (Wildman–Crippen LogP) is 5.23. The highest BCUT2D eigenvalue weighted by Crippen LogP contribution is 2.36. The molecule has 0 saturated heterocycles. The highest BCUT2D eigenvalue weighted by Gasteiger charge is 2.35. The van der Waals surface area contributed by atoms with E-state index >= 15 is 0 Å². The Kier molecular flexibility index (Phi) is 5.33. The molecule has 0 amide bonds. The molecule has 0 spiro atoms. The molecule has 10 heteroatoms. The molecule has 0 aliphatic heterocycles. The predicted molar refractivity (Wildman–Crippen MR) is 111 cm³/mol. The number of hydrogen-bond acceptors (Lipinski definition) is 5. The number of aromatic nitrogens is 2. The summed E-state index contributed by atoms with van der Waals surface area (Å²) in [6.45, 7) is 0. The number of nitrogens with zero attached hydrogens (tertiary/aromatic N) is 2. The molecule has 2 aromatic heterocycles. The maximum atomic E-state index is 13.5. The van der Waals surface area contributed by atoms with Crippen LogP contribution in [0.25, 0.3) is 28.3 Å². The van der Waals surface area contributed by atoms with Gasteiger partial charge in [0.05, 0.1) is 24.0 Å². The summed E-state index contributed by atoms with van der Waals surface area (Å²) in [7, 11) is -2.24. The zero-order chi connectivity index (χ0) is 23.1. The van der Waals surface area contributed by atoms with E-state index in [0.717, 1.165) is 22.6 Å². The fourth-order valence-corrected chi connectivity index (χ4v) is 3.86. The van der Waals surface area contributed by atoms with Crippen LogP contribution in [0.15, 0.2) is 76.2 Å². The molecule has 0 aliphatic carbocycles. The summed E-state index contributed by atoms with van der Waals surface area (Å²) in [6, 6.07) is 15.1. The number of hydrogen-bond donors (Lipinski definition) is 0. The Morgan fingerprint density at radius 3 is 2.25 bits per heavy atom. The maximum absolute atomic E-state index is 13.5. The summed E-state index contributed by atoms with van der Waals surface area (Å²) in [4.78, 5) is -0.0225. The van der Waals surface area contributed by atoms with Gasteiger partial charge < -0.3 is 9.15 Å². The molecule has 166 valence electrons. The van der Waals surface area contributed by atoms with Gasteiger partial charge in [-0.1, -0.05) is 24.3 Å². The van der Waals surface area contributed by atoms with Crippen molar-refractivity contribution >= 4 is 9.84 Å². The van der Waals surface area contributed by atoms with Gasteiger partial charge in [0.1, 0.15) is 17.2 Å². The van der Waals surface area contributed by atoms with Crippen molar-refractivity contribution in [1.82, 2.24) is 9.78 Å². The molecule has 0 saturated carbocycles. The first-order valence-electron chi connectivity index (χ1n) is 9.28. The molecule has 32 heavy (non-hydrogen) atoms. The Morgan fingerprint density at radius 1 is 1.00 bits per heavy atom. The van der Waals surface area contributed by atoms with E-state index in [2.05, 4.69) is 5.10 Å². The standard InChI is InChI=1S/C22H17F3N2O4S/c1-30-20-12-16(32(2,28)29)9-10-17(20)27-18(13-21(26-27)22(23,24)25)14-5-7-15(8-6-14)19-4-3-11-31-19/h3-13H,1-2H3. The Labute approximate surface area is 181 Å². The summed E-state index contributed by atoms with van der Waals surface area (Å²) in [5.74, 6) is 0.692. The Hall–Kier alpha value is -3.53. The van der Waals surface area contributed by atoms with Crippen molar-refractivity contribution in [3.63, 3.8) is 0 Å². The van der Waals surface area contributed by atoms with Crippen LogP contribution in [0.2, 0.25) is 0 Å². The summed E-state index contributed by atoms with van der Waals surface area (Å²) in [6.07, 6.45) is -2.11. The minimum absolute atomic E-state index is 0.0225. The van der Waals surface area contributed by atoms with Crippen molar-refractivity contribution in [3.8, 4) is 34.0 Å². The number of benzene rings is 2. The summed E-state index contributed by atoms with van der Waals surface area (Å²) >= 11 is 0. The van der Waals surface area contributed by atoms with Crippen molar-refractivity contribution in [2.75, 3.05) is 13.4 Å². The minimum atomic E-state index is -4.67. The molecule has 2 aromatic carbocycles. The van der Waals surface area contributed by atoms with Gasteiger partial charge in [-0.3, -0.25) is 0 Å². The van der Waals surface area contributed by atoms with Crippen molar-refractivity contribution in [2.45, 2.75) is 11.1 Å². The Balaban J connectivity index is 1.87. The highest BCUT2D eigenvalue weighted by molar-refractivity contribution is 7.90. The Bertz CT molecular complexity index is 1360. The molecule has 4 rings (SSSR count). The average molecular weight is 462 g/mol. The third kappa shape index (κ3) is 4.13. The summed E-state index contributed by atoms with van der Waals surface area (Å²) in [5.41, 5.74) is 0.472. The second kappa shape index (κ2) is 7.86. The fourth-order valence-electron chi connectivity index (χ4n) is 3.22. The third-order valence-corrected chi connectivity index (χ3v) is 5.90. The third-order valence-electron chi connectivity index (χ3n) is 4.79. The maximum Gasteiger partial charge on any atom is 0.435 e. The molecule has 0 N–H and O–H groups in total. The second-order valence-corrected chi connectivity index (χ2v) is 9.00. The second-order valence-electron chi connectivity index (χ2n) is 6.98. The molecule has 0 radical (unpaired) electrons. The highest BCUT2D eigenvalue weighted by atomic mass is 32.2. The van der Waals surface area contributed by atoms with Crippen LogP contribution in [0, 0.1) is 0 Å². The molecule has 4 aromatic rings. The number of halogens is 3. The van der Waals surface area contributed by atoms with Gasteiger partial charge in [-0.15, -0.1) is 0 Å². The molecule has 6 nitrogen and oxygen atoms in total. The Morgan fingerprint density at radius 2 is 1.69 bits per heavy atom. The molecule has 0 fully saturated rings. The molecular formula is C22H17F3N2O4S. The number of rotatable bonds is 5. The monoisotopic (exact) mass is 462 g/mol. The minimum Gasteiger partial charge on any atom is -0.494 e. The van der Waals surface area contributed by atoms with Crippen LogP contribution in [0.1, 0.15) is 5.69 Å². The van der Waals surface area contributed by atoms with Crippen LogP contribution in [0.5, 0.6) is 5.75 Å². The van der Waals surface area contributed by atoms with Gasteiger partial charge in [0.25, 0.3) is 0 Å². The molecule has 0 atom stereocenters. The quantitative estimate of drug-likeness (QED) is 0.406. The van der Waals surface area contributed by atoms with Crippen molar-refractivity contribution in [3.05, 3.63) is 72.6 Å². The molecule has 2 heterocycles. The zero-order valence-corrected chi connectivity index (χ0v) is 17.7. The van der Waals surface area contributed by atoms with Crippen LogP contribution in [-0.4, -0.2) is 31.6 Å². The molecule has 0 unspecified atom stereocenters. The molecule has 0 bridgehead atoms. The van der Waals surface area contributed by atoms with E-state index in [0.29, 0.717) is 11.3 Å². The first-order chi connectivity index (χ1) is 15.1. The van der Waals surface area contributed by atoms with Gasteiger partial charge >= 0.3 is 6.18 Å². The average Bonchev–Trinajstić information content (AvgIpc) is 3.43. The van der Waals surface area contributed by atoms with E-state index in [4.69, 9.17) is 9.15 Å². The van der Waals surface area contributed by atoms with Crippen LogP contribution in [0.4, 0.5) is 13.2 Å². The van der Waals surface area contributed by atoms with Crippen LogP contribution < -0.4 is 4.74 Å². The number of sulfone groups is 1. The van der Waals surface area contributed by atoms with Gasteiger partial charge in [0, 0.05) is 23.4 Å². The largest absolute Gasteiger partial charge is 0.494 e. The first kappa shape index (κ1) is 21.7. The smallest absolute Gasteiger partial charge is 0.435 e. The lowest BCUT2D eigenvalue weighted by Crippen LogP contribution is -2.08. The normalized spacial score (nSPS) is 12.2. The van der Waals surface area contributed by atoms with Gasteiger partial charge in [0.2, 0.25) is 0 Å². The van der Waals surface area contributed by atoms with Crippen LogP contribution >= 0.6 is 0 Å². The van der Waals surface area contributed by atoms with E-state index in [-0.39, 0.29) is 22.0 Å². The number of ether oxygens (including phenoxy) is 1. The van der Waals surface area contributed by atoms with Crippen molar-refractivity contribution < 1.29 is 30.7 Å². The van der Waals surface area contributed by atoms with Gasteiger partial charge in [-0.2, -0.15) is 18.3 Å². The van der Waals surface area contributed by atoms with E-state index in [9.17, 15) is 21.6 Å². The molecule has 0 aliphatic rings. The van der Waals surface area contributed by atoms with Gasteiger partial charge in [0.15, 0.2) is 15.5 Å². The first-order valence-corrected chi connectivity index (χ1v) is 11.2. The lowest BCUT2D eigenvalue weighted by molar-refractivity contribution is -0.141. The zero-order valence-electron chi connectivity index (χ0n) is 16.9. The summed E-state index contributed by atoms with van der Waals surface area (Å²) in [5, 5.41) is 3.74. The summed E-state index contributed by atoms with van der Waals surface area (Å²) < 4.78 is 75.8. The lowest BCUT2D eigenvalue weighted by atomic mass is 10.1. The van der Waals surface area contributed by atoms with Crippen LogP contribution in [-0.2, 0) is 16.0 Å². The fraction of sp³-hybridized carbons (Fsp3) is 0.136. The van der Waals surface area contributed by atoms with Gasteiger partial charge in [-0.25, -0.2) is 13.1 Å². The van der Waals surface area contributed by atoms with Crippen LogP contribution in [0.3, 0.4) is 0 Å². The van der Waals surface area contributed by atoms with E-state index in [1.807, 2.05) is 0 Å². The van der Waals surface area contributed by atoms with Crippen molar-refractivity contribution in [2.24, 2.45) is 0 Å². The lowest BCUT2D eigenvalue weighted by Gasteiger charge is -2.13.